The van der Waals surface area contributed by atoms with E-state index in [4.69, 9.17) is 19.4 Å². The van der Waals surface area contributed by atoms with E-state index in [-0.39, 0.29) is 36.2 Å². The molecular formula is C31H34F3N3O7S. The molecule has 45 heavy (non-hydrogen) atoms. The predicted molar refractivity (Wildman–Crippen MR) is 166 cm³/mol. The normalized spacial score (nSPS) is 11.4. The number of carboxylic acid groups (broad SMARTS) is 1. The number of aromatic nitrogens is 1. The number of fused-ring (bicyclic) bond motifs is 3. The Morgan fingerprint density at radius 3 is 2.29 bits per heavy atom. The predicted octanol–water partition coefficient (Wildman–Crippen LogP) is 4.83. The summed E-state index contributed by atoms with van der Waals surface area (Å²) in [5.41, 5.74) is 0.798. The van der Waals surface area contributed by atoms with Gasteiger partial charge in [0.25, 0.3) is 11.5 Å². The molecule has 2 heterocycles. The van der Waals surface area contributed by atoms with Gasteiger partial charge >= 0.3 is 12.1 Å². The van der Waals surface area contributed by atoms with E-state index in [1.54, 1.807) is 24.3 Å². The molecule has 0 aliphatic heterocycles. The zero-order valence-electron chi connectivity index (χ0n) is 25.0. The second-order valence-electron chi connectivity index (χ2n) is 9.92. The van der Waals surface area contributed by atoms with Gasteiger partial charge in [-0.15, -0.1) is 11.3 Å². The average molecular weight is 650 g/mol. The van der Waals surface area contributed by atoms with Crippen molar-refractivity contribution < 1.29 is 42.1 Å². The van der Waals surface area contributed by atoms with Gasteiger partial charge in [-0.2, -0.15) is 13.2 Å². The molecule has 14 heteroatoms. The minimum Gasteiger partial charge on any atom is -0.489 e. The quantitative estimate of drug-likeness (QED) is 0.156. The first-order valence-electron chi connectivity index (χ1n) is 14.0. The molecule has 0 radical (unpaired) electrons. The van der Waals surface area contributed by atoms with Gasteiger partial charge in [0.2, 0.25) is 0 Å². The summed E-state index contributed by atoms with van der Waals surface area (Å²) >= 11 is 1.24. The van der Waals surface area contributed by atoms with Crippen molar-refractivity contribution in [2.75, 3.05) is 47.0 Å². The minimum absolute atomic E-state index is 0.125. The summed E-state index contributed by atoms with van der Waals surface area (Å²) in [4.78, 5) is 51.6. The third kappa shape index (κ3) is 9.36. The number of halogens is 3. The lowest BCUT2D eigenvalue weighted by molar-refractivity contribution is -0.192. The molecule has 0 aliphatic rings. The third-order valence-corrected chi connectivity index (χ3v) is 7.56. The minimum atomic E-state index is -5.08. The van der Waals surface area contributed by atoms with E-state index in [9.17, 15) is 27.6 Å². The number of hydrogen-bond acceptors (Lipinski definition) is 8. The van der Waals surface area contributed by atoms with Crippen molar-refractivity contribution in [2.24, 2.45) is 0 Å². The van der Waals surface area contributed by atoms with Crippen LogP contribution in [0.25, 0.3) is 21.0 Å². The summed E-state index contributed by atoms with van der Waals surface area (Å²) in [5.74, 6) is -2.98. The van der Waals surface area contributed by atoms with Gasteiger partial charge in [0.15, 0.2) is 11.5 Å². The van der Waals surface area contributed by atoms with Crippen molar-refractivity contribution in [2.45, 2.75) is 26.1 Å². The van der Waals surface area contributed by atoms with Crippen LogP contribution in [0.1, 0.15) is 33.4 Å². The molecule has 2 aromatic carbocycles. The molecule has 0 bridgehead atoms. The van der Waals surface area contributed by atoms with Crippen LogP contribution in [0.5, 0.6) is 5.75 Å². The molecular weight excluding hydrogens is 615 g/mol. The second kappa shape index (κ2) is 16.2. The molecule has 0 saturated heterocycles. The molecule has 0 saturated carbocycles. The van der Waals surface area contributed by atoms with Crippen molar-refractivity contribution in [3.63, 3.8) is 0 Å². The number of nitrogens with zero attached hydrogens (tertiary/aromatic N) is 2. The van der Waals surface area contributed by atoms with Crippen molar-refractivity contribution in [1.82, 2.24) is 14.8 Å². The molecule has 0 atom stereocenters. The summed E-state index contributed by atoms with van der Waals surface area (Å²) < 4.78 is 45.3. The molecule has 0 unspecified atom stereocenters. The van der Waals surface area contributed by atoms with E-state index in [1.165, 1.54) is 15.9 Å². The fraction of sp³-hybridized carbons (Fsp3) is 0.355. The molecule has 0 fully saturated rings. The first-order chi connectivity index (χ1) is 21.4. The monoisotopic (exact) mass is 649 g/mol. The number of Topliss-reactive ketones (excluding diaryl/α,β-unsaturated/α-hetero) is 1. The lowest BCUT2D eigenvalue weighted by Gasteiger charge is -2.13. The maximum absolute atomic E-state index is 14.0. The van der Waals surface area contributed by atoms with E-state index in [1.807, 2.05) is 51.4 Å². The lowest BCUT2D eigenvalue weighted by Crippen LogP contribution is -2.27. The number of rotatable bonds is 13. The Morgan fingerprint density at radius 2 is 1.67 bits per heavy atom. The number of ketones is 1. The maximum Gasteiger partial charge on any atom is 0.490 e. The Balaban J connectivity index is 0.000000707. The summed E-state index contributed by atoms with van der Waals surface area (Å²) in [5, 5.41) is 11.2. The van der Waals surface area contributed by atoms with Crippen LogP contribution in [0.15, 0.2) is 59.4 Å². The first kappa shape index (κ1) is 35.2. The number of para-hydroxylation sites is 1. The largest absolute Gasteiger partial charge is 0.490 e. The van der Waals surface area contributed by atoms with E-state index >= 15 is 0 Å². The van der Waals surface area contributed by atoms with Gasteiger partial charge in [0.05, 0.1) is 23.4 Å². The average Bonchev–Trinajstić information content (AvgIpc) is 3.39. The van der Waals surface area contributed by atoms with Gasteiger partial charge in [-0.25, -0.2) is 4.79 Å². The number of carbonyl (C=O) groups excluding carboxylic acids is 2. The third-order valence-electron chi connectivity index (χ3n) is 6.36. The number of carboxylic acids is 1. The fourth-order valence-electron chi connectivity index (χ4n) is 4.27. The van der Waals surface area contributed by atoms with E-state index in [0.29, 0.717) is 45.8 Å². The van der Waals surface area contributed by atoms with Crippen molar-refractivity contribution in [3.05, 3.63) is 75.4 Å². The molecule has 2 N–H and O–H groups in total. The highest BCUT2D eigenvalue weighted by Crippen LogP contribution is 2.39. The Kier molecular flexibility index (Phi) is 12.6. The highest BCUT2D eigenvalue weighted by molar-refractivity contribution is 7.22. The topological polar surface area (TPSA) is 127 Å². The van der Waals surface area contributed by atoms with Gasteiger partial charge in [-0.05, 0) is 40.1 Å². The molecule has 1 amide bonds. The van der Waals surface area contributed by atoms with E-state index in [0.717, 1.165) is 18.4 Å². The molecule has 2 aromatic heterocycles. The summed E-state index contributed by atoms with van der Waals surface area (Å²) in [7, 11) is 3.97. The molecule has 10 nitrogen and oxygen atoms in total. The SMILES string of the molecule is CCOCCOc1c(C(=O)NCCCN(C)C)sc2c1c(=O)n(CC(=O)c1ccccc1)c1ccccc21.O=C(O)C(F)(F)F. The number of benzene rings is 2. The van der Waals surface area contributed by atoms with E-state index < -0.39 is 12.1 Å². The first-order valence-corrected chi connectivity index (χ1v) is 14.8. The molecule has 0 aliphatic carbocycles. The number of alkyl halides is 3. The zero-order chi connectivity index (χ0) is 33.1. The number of nitrogens with one attached hydrogen (secondary N) is 1. The second-order valence-corrected chi connectivity index (χ2v) is 10.9. The maximum atomic E-state index is 14.0. The standard InChI is InChI=1S/C29H33N3O5S.C2HF3O2/c1-4-36-17-18-37-25-24-26(38-27(25)28(34)30-15-10-16-31(2)3)21-13-8-9-14-22(21)32(29(24)35)19-23(33)20-11-6-5-7-12-20;3-2(4,5)1(6)7/h5-9,11-14H,4,10,15-19H2,1-3H3,(H,30,34);(H,6,7). The van der Waals surface area contributed by atoms with Gasteiger partial charge in [-0.1, -0.05) is 48.5 Å². The summed E-state index contributed by atoms with van der Waals surface area (Å²) in [6.45, 7) is 4.16. The lowest BCUT2D eigenvalue weighted by atomic mass is 10.1. The van der Waals surface area contributed by atoms with Crippen LogP contribution in [0.2, 0.25) is 0 Å². The summed E-state index contributed by atoms with van der Waals surface area (Å²) in [6, 6.07) is 16.3. The van der Waals surface area contributed by atoms with Crippen LogP contribution in [-0.4, -0.2) is 85.4 Å². The van der Waals surface area contributed by atoms with Gasteiger partial charge in [-0.3, -0.25) is 19.0 Å². The van der Waals surface area contributed by atoms with E-state index in [2.05, 4.69) is 10.2 Å². The van der Waals surface area contributed by atoms with Crippen LogP contribution < -0.4 is 15.6 Å². The fourth-order valence-corrected chi connectivity index (χ4v) is 5.46. The number of hydrogen-bond donors (Lipinski definition) is 2. The Labute approximate surface area is 261 Å². The summed E-state index contributed by atoms with van der Waals surface area (Å²) in [6.07, 6.45) is -4.29. The molecule has 4 rings (SSSR count). The number of amides is 1. The zero-order valence-corrected chi connectivity index (χ0v) is 25.8. The highest BCUT2D eigenvalue weighted by atomic mass is 32.1. The number of thiophene rings is 1. The number of aliphatic carboxylic acids is 1. The van der Waals surface area contributed by atoms with Crippen molar-refractivity contribution in [3.8, 4) is 5.75 Å². The van der Waals surface area contributed by atoms with Crippen LogP contribution in [-0.2, 0) is 16.1 Å². The van der Waals surface area contributed by atoms with Crippen molar-refractivity contribution >= 4 is 50.0 Å². The van der Waals surface area contributed by atoms with Gasteiger partial charge in [0.1, 0.15) is 16.9 Å². The smallest absolute Gasteiger partial charge is 0.489 e. The number of pyridine rings is 1. The van der Waals surface area contributed by atoms with Crippen LogP contribution in [0.3, 0.4) is 0 Å². The molecule has 0 spiro atoms. The Morgan fingerprint density at radius 1 is 1.02 bits per heavy atom. The van der Waals surface area contributed by atoms with Gasteiger partial charge < -0.3 is 24.8 Å². The molecule has 4 aromatic rings. The number of carbonyl (C=O) groups is 3. The van der Waals surface area contributed by atoms with Crippen LogP contribution >= 0.6 is 11.3 Å². The van der Waals surface area contributed by atoms with Crippen molar-refractivity contribution in [1.29, 1.82) is 0 Å². The Bertz CT molecular complexity index is 1690. The van der Waals surface area contributed by atoms with Crippen LogP contribution in [0.4, 0.5) is 13.2 Å². The van der Waals surface area contributed by atoms with Gasteiger partial charge in [0, 0.05) is 24.1 Å². The number of ether oxygens (including phenoxy) is 2. The molecule has 242 valence electrons. The Hall–Kier alpha value is -4.27. The highest BCUT2D eigenvalue weighted by Gasteiger charge is 2.38. The van der Waals surface area contributed by atoms with Crippen LogP contribution in [0, 0.1) is 0 Å².